The molecule has 1 aliphatic rings. The van der Waals surface area contributed by atoms with Crippen molar-refractivity contribution in [3.05, 3.63) is 16.3 Å². The maximum Gasteiger partial charge on any atom is 0.233 e. The number of rotatable bonds is 4. The third-order valence-corrected chi connectivity index (χ3v) is 7.39. The van der Waals surface area contributed by atoms with E-state index >= 15 is 0 Å². The average Bonchev–Trinajstić information content (AvgIpc) is 2.83. The van der Waals surface area contributed by atoms with Gasteiger partial charge in [-0.25, -0.2) is 9.97 Å². The first-order chi connectivity index (χ1) is 11.9. The van der Waals surface area contributed by atoms with Crippen LogP contribution in [0.5, 0.6) is 0 Å². The Morgan fingerprint density at radius 1 is 1.24 bits per heavy atom. The molecular weight excluding hydrogens is 350 g/mol. The van der Waals surface area contributed by atoms with Crippen molar-refractivity contribution in [1.29, 1.82) is 0 Å². The zero-order chi connectivity index (χ0) is 18.1. The molecule has 1 saturated carbocycles. The van der Waals surface area contributed by atoms with E-state index in [2.05, 4.69) is 36.1 Å². The topological polar surface area (TPSA) is 54.9 Å². The fourth-order valence-electron chi connectivity index (χ4n) is 3.45. The van der Waals surface area contributed by atoms with Crippen LogP contribution in [0.1, 0.15) is 55.8 Å². The van der Waals surface area contributed by atoms with Crippen molar-refractivity contribution >= 4 is 39.2 Å². The van der Waals surface area contributed by atoms with Crippen molar-refractivity contribution in [3.63, 3.8) is 0 Å². The first-order valence-corrected chi connectivity index (χ1v) is 10.8. The number of nitrogens with zero attached hydrogens (tertiary/aromatic N) is 2. The highest BCUT2D eigenvalue weighted by molar-refractivity contribution is 8.00. The largest absolute Gasteiger partial charge is 0.352 e. The quantitative estimate of drug-likeness (QED) is 0.615. The first kappa shape index (κ1) is 18.6. The number of amides is 1. The highest BCUT2D eigenvalue weighted by Gasteiger charge is 2.26. The molecule has 0 spiro atoms. The number of nitrogens with one attached hydrogen (secondary N) is 1. The fourth-order valence-corrected chi connectivity index (χ4v) is 5.65. The summed E-state index contributed by atoms with van der Waals surface area (Å²) in [7, 11) is 0. The Kier molecular flexibility index (Phi) is 5.68. The number of aryl methyl sites for hydroxylation is 3. The van der Waals surface area contributed by atoms with E-state index in [-0.39, 0.29) is 11.2 Å². The third-order valence-electron chi connectivity index (χ3n) is 5.20. The van der Waals surface area contributed by atoms with Crippen LogP contribution >= 0.6 is 23.1 Å². The van der Waals surface area contributed by atoms with Crippen molar-refractivity contribution < 1.29 is 4.79 Å². The lowest BCUT2D eigenvalue weighted by Gasteiger charge is -2.30. The SMILES string of the molecule is Cc1nc(S[C@H](C)C(=O)N[C@@H]2CCCC[C@H]2C)c2c(C)c(C)sc2n1. The molecule has 4 nitrogen and oxygen atoms in total. The van der Waals surface area contributed by atoms with E-state index in [1.165, 1.54) is 29.7 Å². The third kappa shape index (κ3) is 4.00. The second-order valence-electron chi connectivity index (χ2n) is 7.18. The van der Waals surface area contributed by atoms with Gasteiger partial charge < -0.3 is 5.32 Å². The maximum atomic E-state index is 12.7. The van der Waals surface area contributed by atoms with Gasteiger partial charge in [0, 0.05) is 16.3 Å². The van der Waals surface area contributed by atoms with Crippen molar-refractivity contribution in [3.8, 4) is 0 Å². The second-order valence-corrected chi connectivity index (χ2v) is 9.71. The van der Waals surface area contributed by atoms with E-state index in [0.717, 1.165) is 27.5 Å². The average molecular weight is 378 g/mol. The molecule has 0 saturated heterocycles. The highest BCUT2D eigenvalue weighted by Crippen LogP contribution is 2.36. The van der Waals surface area contributed by atoms with Gasteiger partial charge >= 0.3 is 0 Å². The Balaban J connectivity index is 1.77. The number of thioether (sulfide) groups is 1. The predicted octanol–water partition coefficient (Wildman–Crippen LogP) is 4.79. The Morgan fingerprint density at radius 2 is 1.96 bits per heavy atom. The maximum absolute atomic E-state index is 12.7. The van der Waals surface area contributed by atoms with Crippen molar-refractivity contribution in [2.75, 3.05) is 0 Å². The zero-order valence-corrected chi connectivity index (χ0v) is 17.3. The zero-order valence-electron chi connectivity index (χ0n) is 15.7. The van der Waals surface area contributed by atoms with Gasteiger partial charge in [0.15, 0.2) is 0 Å². The standard InChI is InChI=1S/C19H27N3OS2/c1-10-8-6-7-9-15(10)22-17(23)13(4)25-19-16-11(2)12(3)24-18(16)20-14(5)21-19/h10,13,15H,6-9H2,1-5H3,(H,22,23)/t10-,13-,15-/m1/s1. The minimum absolute atomic E-state index is 0.123. The lowest BCUT2D eigenvalue weighted by Crippen LogP contribution is -2.44. The number of aromatic nitrogens is 2. The molecule has 2 heterocycles. The Hall–Kier alpha value is -1.14. The summed E-state index contributed by atoms with van der Waals surface area (Å²) in [4.78, 5) is 24.2. The summed E-state index contributed by atoms with van der Waals surface area (Å²) in [5.41, 5.74) is 1.23. The van der Waals surface area contributed by atoms with Crippen LogP contribution in [0.2, 0.25) is 0 Å². The van der Waals surface area contributed by atoms with Crippen LogP contribution in [0, 0.1) is 26.7 Å². The fraction of sp³-hybridized carbons (Fsp3) is 0.632. The summed E-state index contributed by atoms with van der Waals surface area (Å²) in [6.07, 6.45) is 4.82. The monoisotopic (exact) mass is 377 g/mol. The van der Waals surface area contributed by atoms with Gasteiger partial charge in [0.25, 0.3) is 0 Å². The van der Waals surface area contributed by atoms with Crippen LogP contribution in [0.25, 0.3) is 10.2 Å². The number of fused-ring (bicyclic) bond motifs is 1. The van der Waals surface area contributed by atoms with Crippen LogP contribution in [0.4, 0.5) is 0 Å². The summed E-state index contributed by atoms with van der Waals surface area (Å²) in [5, 5.41) is 5.16. The van der Waals surface area contributed by atoms with Gasteiger partial charge in [0.05, 0.1) is 5.25 Å². The summed E-state index contributed by atoms with van der Waals surface area (Å²) < 4.78 is 0. The Labute approximate surface area is 158 Å². The van der Waals surface area contributed by atoms with Crippen molar-refractivity contribution in [2.45, 2.75) is 76.6 Å². The number of hydrogen-bond donors (Lipinski definition) is 1. The highest BCUT2D eigenvalue weighted by atomic mass is 32.2. The van der Waals surface area contributed by atoms with Gasteiger partial charge in [0.2, 0.25) is 5.91 Å². The van der Waals surface area contributed by atoms with Gasteiger partial charge in [-0.2, -0.15) is 0 Å². The van der Waals surface area contributed by atoms with Gasteiger partial charge in [-0.1, -0.05) is 31.5 Å². The van der Waals surface area contributed by atoms with Crippen molar-refractivity contribution in [2.24, 2.45) is 5.92 Å². The molecule has 1 fully saturated rings. The molecule has 3 atom stereocenters. The van der Waals surface area contributed by atoms with E-state index in [9.17, 15) is 4.79 Å². The Bertz CT molecular complexity index is 787. The molecule has 0 bridgehead atoms. The minimum Gasteiger partial charge on any atom is -0.352 e. The van der Waals surface area contributed by atoms with Crippen molar-refractivity contribution in [1.82, 2.24) is 15.3 Å². The molecule has 2 aromatic heterocycles. The molecule has 1 aliphatic carbocycles. The lowest BCUT2D eigenvalue weighted by molar-refractivity contribution is -0.121. The van der Waals surface area contributed by atoms with E-state index in [1.807, 2.05) is 13.8 Å². The number of hydrogen-bond acceptors (Lipinski definition) is 5. The minimum atomic E-state index is -0.161. The normalized spacial score (nSPS) is 22.1. The number of carbonyl (C=O) groups excluding carboxylic acids is 1. The Morgan fingerprint density at radius 3 is 2.68 bits per heavy atom. The summed E-state index contributed by atoms with van der Waals surface area (Å²) in [6.45, 7) is 10.4. The first-order valence-electron chi connectivity index (χ1n) is 9.08. The van der Waals surface area contributed by atoms with Crippen LogP contribution in [-0.4, -0.2) is 27.2 Å². The molecule has 3 rings (SSSR count). The van der Waals surface area contributed by atoms with Crippen LogP contribution in [-0.2, 0) is 4.79 Å². The van der Waals surface area contributed by atoms with E-state index in [0.29, 0.717) is 12.0 Å². The van der Waals surface area contributed by atoms with Gasteiger partial charge in [-0.15, -0.1) is 11.3 Å². The smallest absolute Gasteiger partial charge is 0.233 e. The molecule has 0 unspecified atom stereocenters. The van der Waals surface area contributed by atoms with Crippen LogP contribution in [0.3, 0.4) is 0 Å². The molecule has 2 aromatic rings. The summed E-state index contributed by atoms with van der Waals surface area (Å²) in [5.74, 6) is 1.47. The molecule has 0 radical (unpaired) electrons. The predicted molar refractivity (Wildman–Crippen MR) is 107 cm³/mol. The van der Waals surface area contributed by atoms with E-state index < -0.39 is 0 Å². The van der Waals surface area contributed by atoms with Gasteiger partial charge in [-0.3, -0.25) is 4.79 Å². The summed E-state index contributed by atoms with van der Waals surface area (Å²) >= 11 is 3.26. The number of thiophene rings is 1. The second kappa shape index (κ2) is 7.62. The molecular formula is C19H27N3OS2. The molecule has 0 aliphatic heterocycles. The lowest BCUT2D eigenvalue weighted by atomic mass is 9.86. The molecule has 136 valence electrons. The molecule has 6 heteroatoms. The van der Waals surface area contributed by atoms with Gasteiger partial charge in [-0.05, 0) is 52.0 Å². The summed E-state index contributed by atoms with van der Waals surface area (Å²) in [6, 6.07) is 0.321. The molecule has 1 amide bonds. The number of carbonyl (C=O) groups is 1. The molecule has 0 aromatic carbocycles. The molecule has 25 heavy (non-hydrogen) atoms. The van der Waals surface area contributed by atoms with Crippen LogP contribution < -0.4 is 5.32 Å². The van der Waals surface area contributed by atoms with E-state index in [1.54, 1.807) is 23.1 Å². The van der Waals surface area contributed by atoms with Gasteiger partial charge in [0.1, 0.15) is 15.7 Å². The van der Waals surface area contributed by atoms with E-state index in [4.69, 9.17) is 0 Å². The van der Waals surface area contributed by atoms with Crippen LogP contribution in [0.15, 0.2) is 5.03 Å². The molecule has 1 N–H and O–H groups in total.